The highest BCUT2D eigenvalue weighted by atomic mass is 16.5. The number of ether oxygens (including phenoxy) is 2. The van der Waals surface area contributed by atoms with Gasteiger partial charge in [0.2, 0.25) is 0 Å². The third kappa shape index (κ3) is 1.33. The highest BCUT2D eigenvalue weighted by Crippen LogP contribution is 2.60. The Morgan fingerprint density at radius 2 is 2.29 bits per heavy atom. The monoisotopic (exact) mass is 238 g/mol. The molecule has 0 aromatic heterocycles. The van der Waals surface area contributed by atoms with Crippen LogP contribution in [0.25, 0.3) is 0 Å². The van der Waals surface area contributed by atoms with Crippen LogP contribution in [-0.2, 0) is 19.1 Å². The second-order valence-corrected chi connectivity index (χ2v) is 5.40. The lowest BCUT2D eigenvalue weighted by Crippen LogP contribution is -2.71. The number of carbonyl (C=O) groups is 2. The summed E-state index contributed by atoms with van der Waals surface area (Å²) in [5.41, 5.74) is -0.313. The molecule has 4 nitrogen and oxygen atoms in total. The van der Waals surface area contributed by atoms with Crippen LogP contribution in [0.15, 0.2) is 0 Å². The maximum atomic E-state index is 12.0. The summed E-state index contributed by atoms with van der Waals surface area (Å²) >= 11 is 0. The SMILES string of the molecule is COC(=O)[C@H]1[C@@H]2CCCO[C@@]23CCCC(=O)[C@@H]13. The first-order valence-corrected chi connectivity index (χ1v) is 6.45. The molecule has 1 saturated heterocycles. The molecule has 0 N–H and O–H groups in total. The van der Waals surface area contributed by atoms with Crippen molar-refractivity contribution in [2.75, 3.05) is 13.7 Å². The van der Waals surface area contributed by atoms with Crippen molar-refractivity contribution in [2.24, 2.45) is 17.8 Å². The van der Waals surface area contributed by atoms with E-state index in [0.717, 1.165) is 32.3 Å². The number of methoxy groups -OCH3 is 1. The zero-order chi connectivity index (χ0) is 12.0. The Labute approximate surface area is 101 Å². The summed E-state index contributed by atoms with van der Waals surface area (Å²) in [4.78, 5) is 23.9. The first-order chi connectivity index (χ1) is 8.20. The Bertz CT molecular complexity index is 360. The van der Waals surface area contributed by atoms with Crippen molar-refractivity contribution in [3.8, 4) is 0 Å². The predicted molar refractivity (Wildman–Crippen MR) is 59.3 cm³/mol. The van der Waals surface area contributed by atoms with E-state index in [1.807, 2.05) is 0 Å². The summed E-state index contributed by atoms with van der Waals surface area (Å²) in [7, 11) is 1.40. The van der Waals surface area contributed by atoms with Crippen LogP contribution in [0.4, 0.5) is 0 Å². The number of hydrogen-bond donors (Lipinski definition) is 0. The molecule has 2 aliphatic carbocycles. The van der Waals surface area contributed by atoms with Crippen LogP contribution in [0.5, 0.6) is 0 Å². The van der Waals surface area contributed by atoms with Gasteiger partial charge in [0.25, 0.3) is 0 Å². The third-order valence-corrected chi connectivity index (χ3v) is 4.79. The van der Waals surface area contributed by atoms with Crippen LogP contribution in [-0.4, -0.2) is 31.1 Å². The van der Waals surface area contributed by atoms with Gasteiger partial charge in [-0.15, -0.1) is 0 Å². The zero-order valence-electron chi connectivity index (χ0n) is 10.1. The lowest BCUT2D eigenvalue weighted by Gasteiger charge is -2.62. The summed E-state index contributed by atoms with van der Waals surface area (Å²) in [5, 5.41) is 0. The van der Waals surface area contributed by atoms with Gasteiger partial charge in [0.05, 0.1) is 24.5 Å². The Hall–Kier alpha value is -0.900. The van der Waals surface area contributed by atoms with E-state index in [-0.39, 0.29) is 35.1 Å². The molecule has 2 saturated carbocycles. The summed E-state index contributed by atoms with van der Waals surface area (Å²) < 4.78 is 10.8. The molecule has 94 valence electrons. The van der Waals surface area contributed by atoms with Crippen LogP contribution in [0.2, 0.25) is 0 Å². The fraction of sp³-hybridized carbons (Fsp3) is 0.846. The van der Waals surface area contributed by atoms with Crippen LogP contribution >= 0.6 is 0 Å². The van der Waals surface area contributed by atoms with E-state index in [1.54, 1.807) is 0 Å². The van der Waals surface area contributed by atoms with Gasteiger partial charge in [-0.25, -0.2) is 0 Å². The molecular formula is C13H18O4. The fourth-order valence-electron chi connectivity index (χ4n) is 4.16. The van der Waals surface area contributed by atoms with Crippen molar-refractivity contribution in [3.63, 3.8) is 0 Å². The first-order valence-electron chi connectivity index (χ1n) is 6.45. The smallest absolute Gasteiger partial charge is 0.309 e. The molecule has 0 radical (unpaired) electrons. The van der Waals surface area contributed by atoms with Crippen molar-refractivity contribution >= 4 is 11.8 Å². The molecule has 1 spiro atoms. The molecule has 0 unspecified atom stereocenters. The number of rotatable bonds is 1. The quantitative estimate of drug-likeness (QED) is 0.647. The highest BCUT2D eigenvalue weighted by Gasteiger charge is 2.69. The molecule has 4 heteroatoms. The molecule has 0 aromatic rings. The molecule has 3 aliphatic rings. The van der Waals surface area contributed by atoms with Gasteiger partial charge in [0.1, 0.15) is 5.78 Å². The lowest BCUT2D eigenvalue weighted by atomic mass is 9.46. The van der Waals surface area contributed by atoms with Crippen molar-refractivity contribution in [2.45, 2.75) is 37.7 Å². The van der Waals surface area contributed by atoms with Crippen molar-refractivity contribution < 1.29 is 19.1 Å². The summed E-state index contributed by atoms with van der Waals surface area (Å²) in [5.74, 6) is -0.291. The fourth-order valence-corrected chi connectivity index (χ4v) is 4.16. The average molecular weight is 238 g/mol. The van der Waals surface area contributed by atoms with Crippen LogP contribution < -0.4 is 0 Å². The maximum Gasteiger partial charge on any atom is 0.309 e. The molecule has 0 amide bonds. The highest BCUT2D eigenvalue weighted by molar-refractivity contribution is 5.91. The molecule has 17 heavy (non-hydrogen) atoms. The van der Waals surface area contributed by atoms with E-state index in [1.165, 1.54) is 7.11 Å². The molecule has 0 aromatic carbocycles. The van der Waals surface area contributed by atoms with Gasteiger partial charge in [-0.05, 0) is 25.7 Å². The van der Waals surface area contributed by atoms with Crippen LogP contribution in [0.3, 0.4) is 0 Å². The van der Waals surface area contributed by atoms with Gasteiger partial charge in [0, 0.05) is 18.9 Å². The van der Waals surface area contributed by atoms with Gasteiger partial charge in [-0.3, -0.25) is 9.59 Å². The Morgan fingerprint density at radius 1 is 1.47 bits per heavy atom. The molecule has 4 atom stereocenters. The van der Waals surface area contributed by atoms with Crippen LogP contribution in [0, 0.1) is 17.8 Å². The zero-order valence-corrected chi connectivity index (χ0v) is 10.1. The second-order valence-electron chi connectivity index (χ2n) is 5.40. The van der Waals surface area contributed by atoms with E-state index in [9.17, 15) is 9.59 Å². The Kier molecular flexibility index (Phi) is 2.51. The van der Waals surface area contributed by atoms with E-state index in [0.29, 0.717) is 6.42 Å². The number of ketones is 1. The predicted octanol–water partition coefficient (Wildman–Crippen LogP) is 1.32. The molecule has 1 aliphatic heterocycles. The summed E-state index contributed by atoms with van der Waals surface area (Å²) in [6.07, 6.45) is 4.40. The first kappa shape index (κ1) is 11.2. The minimum Gasteiger partial charge on any atom is -0.469 e. The van der Waals surface area contributed by atoms with E-state index < -0.39 is 0 Å². The standard InChI is InChI=1S/C13H18O4/c1-16-12(15)10-8-4-3-7-17-13(8)6-2-5-9(14)11(10)13/h8,10-11H,2-7H2,1H3/t8-,10-,11-,13-/m0/s1. The Balaban J connectivity index is 1.92. The molecule has 0 bridgehead atoms. The largest absolute Gasteiger partial charge is 0.469 e. The van der Waals surface area contributed by atoms with Crippen molar-refractivity contribution in [3.05, 3.63) is 0 Å². The Morgan fingerprint density at radius 3 is 3.06 bits per heavy atom. The van der Waals surface area contributed by atoms with Crippen molar-refractivity contribution in [1.82, 2.24) is 0 Å². The van der Waals surface area contributed by atoms with E-state index in [4.69, 9.17) is 9.47 Å². The minimum absolute atomic E-state index is 0.199. The maximum absolute atomic E-state index is 12.0. The lowest BCUT2D eigenvalue weighted by molar-refractivity contribution is -0.259. The molecular weight excluding hydrogens is 220 g/mol. The normalized spacial score (nSPS) is 44.3. The van der Waals surface area contributed by atoms with Crippen molar-refractivity contribution in [1.29, 1.82) is 0 Å². The summed E-state index contributed by atoms with van der Waals surface area (Å²) in [6, 6.07) is 0. The minimum atomic E-state index is -0.313. The van der Waals surface area contributed by atoms with E-state index in [2.05, 4.69) is 0 Å². The number of Topliss-reactive ketones (excluding diaryl/α,β-unsaturated/α-hetero) is 1. The van der Waals surface area contributed by atoms with E-state index >= 15 is 0 Å². The number of hydrogen-bond acceptors (Lipinski definition) is 4. The second kappa shape index (κ2) is 3.80. The van der Waals surface area contributed by atoms with Crippen LogP contribution in [0.1, 0.15) is 32.1 Å². The van der Waals surface area contributed by atoms with Gasteiger partial charge in [-0.2, -0.15) is 0 Å². The molecule has 3 rings (SSSR count). The van der Waals surface area contributed by atoms with Gasteiger partial charge in [-0.1, -0.05) is 0 Å². The summed E-state index contributed by atoms with van der Waals surface area (Å²) in [6.45, 7) is 0.730. The van der Waals surface area contributed by atoms with Gasteiger partial charge >= 0.3 is 5.97 Å². The molecule has 3 fully saturated rings. The van der Waals surface area contributed by atoms with Gasteiger partial charge in [0.15, 0.2) is 0 Å². The topological polar surface area (TPSA) is 52.6 Å². The third-order valence-electron chi connectivity index (χ3n) is 4.79. The average Bonchev–Trinajstić information content (AvgIpc) is 2.30. The number of esters is 1. The number of carbonyl (C=O) groups excluding carboxylic acids is 2. The molecule has 1 heterocycles. The van der Waals surface area contributed by atoms with Gasteiger partial charge < -0.3 is 9.47 Å².